The van der Waals surface area contributed by atoms with E-state index in [9.17, 15) is 4.79 Å². The molecule has 0 N–H and O–H groups in total. The van der Waals surface area contributed by atoms with Crippen LogP contribution in [0.1, 0.15) is 59.8 Å². The van der Waals surface area contributed by atoms with E-state index in [1.54, 1.807) is 0 Å². The predicted octanol–water partition coefficient (Wildman–Crippen LogP) is 4.90. The fraction of sp³-hybridized carbons (Fsp3) is 0.667. The molecule has 0 spiro atoms. The maximum atomic E-state index is 11.1. The normalized spacial score (nSPS) is 18.6. The smallest absolute Gasteiger partial charge is 0.128 e. The second-order valence-electron chi connectivity index (χ2n) is 6.43. The first kappa shape index (κ1) is 17.0. The standard InChI is InChI=1S/C18H29BO/c1-6-14(3)17(16(5)13-20)15(4)12-18(7-2)8-10-19-11-9-18/h19H,3,6-12H2,1-2,4-5H3/b17-15-. The molecule has 1 saturated heterocycles. The van der Waals surface area contributed by atoms with E-state index in [4.69, 9.17) is 0 Å². The average Bonchev–Trinajstić information content (AvgIpc) is 2.47. The molecular formula is C18H29BO. The van der Waals surface area contributed by atoms with Crippen molar-refractivity contribution in [1.82, 2.24) is 0 Å². The molecule has 1 nitrogen and oxygen atoms in total. The Morgan fingerprint density at radius 1 is 1.25 bits per heavy atom. The number of allylic oxidation sites excluding steroid dienone is 4. The van der Waals surface area contributed by atoms with Crippen LogP contribution in [0.3, 0.4) is 0 Å². The molecule has 0 unspecified atom stereocenters. The maximum Gasteiger partial charge on any atom is 0.128 e. The van der Waals surface area contributed by atoms with Gasteiger partial charge in [-0.05, 0) is 43.3 Å². The van der Waals surface area contributed by atoms with Crippen molar-refractivity contribution in [3.05, 3.63) is 28.9 Å². The molecule has 0 bridgehead atoms. The molecule has 1 heterocycles. The van der Waals surface area contributed by atoms with Crippen LogP contribution >= 0.6 is 0 Å². The van der Waals surface area contributed by atoms with E-state index in [0.717, 1.165) is 29.6 Å². The van der Waals surface area contributed by atoms with Crippen molar-refractivity contribution < 1.29 is 4.79 Å². The van der Waals surface area contributed by atoms with Gasteiger partial charge in [0.25, 0.3) is 0 Å². The summed E-state index contributed by atoms with van der Waals surface area (Å²) in [5, 5.41) is 0. The average molecular weight is 272 g/mol. The zero-order valence-corrected chi connectivity index (χ0v) is 13.8. The molecule has 1 aliphatic heterocycles. The highest BCUT2D eigenvalue weighted by Crippen LogP contribution is 2.44. The Hall–Kier alpha value is -1.01. The molecule has 110 valence electrons. The van der Waals surface area contributed by atoms with E-state index >= 15 is 0 Å². The van der Waals surface area contributed by atoms with Crippen LogP contribution in [0.2, 0.25) is 12.6 Å². The third-order valence-electron chi connectivity index (χ3n) is 5.04. The number of hydrogen-bond donors (Lipinski definition) is 0. The summed E-state index contributed by atoms with van der Waals surface area (Å²) in [5.74, 6) is 2.08. The van der Waals surface area contributed by atoms with Crippen LogP contribution in [-0.4, -0.2) is 13.2 Å². The van der Waals surface area contributed by atoms with Crippen LogP contribution in [0.25, 0.3) is 0 Å². The fourth-order valence-electron chi connectivity index (χ4n) is 3.72. The number of hydrogen-bond acceptors (Lipinski definition) is 1. The fourth-order valence-corrected chi connectivity index (χ4v) is 3.72. The van der Waals surface area contributed by atoms with Gasteiger partial charge < -0.3 is 0 Å². The molecular weight excluding hydrogens is 243 g/mol. The quantitative estimate of drug-likeness (QED) is 0.382. The van der Waals surface area contributed by atoms with E-state index in [2.05, 4.69) is 33.3 Å². The molecule has 20 heavy (non-hydrogen) atoms. The Labute approximate surface area is 125 Å². The van der Waals surface area contributed by atoms with Crippen molar-refractivity contribution in [2.75, 3.05) is 0 Å². The Bertz CT molecular complexity index is 432. The van der Waals surface area contributed by atoms with Crippen molar-refractivity contribution in [3.8, 4) is 0 Å². The van der Waals surface area contributed by atoms with E-state index in [1.165, 1.54) is 44.8 Å². The number of rotatable bonds is 6. The highest BCUT2D eigenvalue weighted by molar-refractivity contribution is 6.35. The molecule has 1 fully saturated rings. The van der Waals surface area contributed by atoms with Gasteiger partial charge in [0.15, 0.2) is 0 Å². The summed E-state index contributed by atoms with van der Waals surface area (Å²) < 4.78 is 0. The summed E-state index contributed by atoms with van der Waals surface area (Å²) in [6.45, 7) is 12.6. The summed E-state index contributed by atoms with van der Waals surface area (Å²) >= 11 is 0. The van der Waals surface area contributed by atoms with Crippen LogP contribution < -0.4 is 0 Å². The molecule has 0 atom stereocenters. The van der Waals surface area contributed by atoms with Crippen molar-refractivity contribution in [2.45, 2.75) is 72.4 Å². The third-order valence-corrected chi connectivity index (χ3v) is 5.04. The summed E-state index contributed by atoms with van der Waals surface area (Å²) in [6.07, 6.45) is 8.61. The minimum absolute atomic E-state index is 0.449. The zero-order chi connectivity index (χ0) is 15.2. The monoisotopic (exact) mass is 272 g/mol. The third kappa shape index (κ3) is 3.99. The van der Waals surface area contributed by atoms with Gasteiger partial charge in [0, 0.05) is 5.57 Å². The topological polar surface area (TPSA) is 17.1 Å². The number of carbonyl (C=O) groups excluding carboxylic acids is 1. The van der Waals surface area contributed by atoms with Crippen LogP contribution in [0.15, 0.2) is 28.9 Å². The SMILES string of the molecule is C=C(CC)/C(C(C)=C=O)=C(\C)CC1(CC)CCBCC1. The Kier molecular flexibility index (Phi) is 6.56. The summed E-state index contributed by atoms with van der Waals surface area (Å²) in [7, 11) is 1.38. The summed E-state index contributed by atoms with van der Waals surface area (Å²) in [4.78, 5) is 11.1. The van der Waals surface area contributed by atoms with Gasteiger partial charge in [-0.25, -0.2) is 4.79 Å². The van der Waals surface area contributed by atoms with E-state index < -0.39 is 0 Å². The molecule has 0 amide bonds. The molecule has 0 aromatic carbocycles. The Balaban J connectivity index is 3.09. The predicted molar refractivity (Wildman–Crippen MR) is 90.3 cm³/mol. The van der Waals surface area contributed by atoms with Gasteiger partial charge in [-0.15, -0.1) is 0 Å². The van der Waals surface area contributed by atoms with Crippen LogP contribution in [0, 0.1) is 5.41 Å². The minimum atomic E-state index is 0.449. The Morgan fingerprint density at radius 3 is 2.30 bits per heavy atom. The molecule has 1 aliphatic rings. The van der Waals surface area contributed by atoms with Gasteiger partial charge >= 0.3 is 0 Å². The molecule has 0 saturated carbocycles. The van der Waals surface area contributed by atoms with Crippen molar-refractivity contribution in [2.24, 2.45) is 5.41 Å². The molecule has 0 radical (unpaired) electrons. The van der Waals surface area contributed by atoms with Gasteiger partial charge in [-0.3, -0.25) is 0 Å². The summed E-state index contributed by atoms with van der Waals surface area (Å²) in [6, 6.07) is 0. The van der Waals surface area contributed by atoms with Crippen molar-refractivity contribution in [1.29, 1.82) is 0 Å². The van der Waals surface area contributed by atoms with Gasteiger partial charge in [0.2, 0.25) is 0 Å². The second-order valence-corrected chi connectivity index (χ2v) is 6.43. The van der Waals surface area contributed by atoms with Crippen molar-refractivity contribution in [3.63, 3.8) is 0 Å². The highest BCUT2D eigenvalue weighted by Gasteiger charge is 2.31. The first-order valence-corrected chi connectivity index (χ1v) is 8.09. The lowest BCUT2D eigenvalue weighted by molar-refractivity contribution is 0.238. The van der Waals surface area contributed by atoms with E-state index in [0.29, 0.717) is 5.41 Å². The van der Waals surface area contributed by atoms with Gasteiger partial charge in [0.05, 0.1) is 0 Å². The second kappa shape index (κ2) is 7.69. The van der Waals surface area contributed by atoms with Gasteiger partial charge in [-0.2, -0.15) is 0 Å². The molecule has 1 rings (SSSR count). The van der Waals surface area contributed by atoms with Gasteiger partial charge in [-0.1, -0.05) is 57.9 Å². The lowest BCUT2D eigenvalue weighted by atomic mass is 9.54. The molecule has 0 aromatic heterocycles. The largest absolute Gasteiger partial charge is 0.233 e. The first-order valence-electron chi connectivity index (χ1n) is 8.09. The highest BCUT2D eigenvalue weighted by atomic mass is 16.1. The Morgan fingerprint density at radius 2 is 1.85 bits per heavy atom. The lowest BCUT2D eigenvalue weighted by Crippen LogP contribution is -2.25. The summed E-state index contributed by atoms with van der Waals surface area (Å²) in [5.41, 5.74) is 4.66. The van der Waals surface area contributed by atoms with Crippen LogP contribution in [0.4, 0.5) is 0 Å². The van der Waals surface area contributed by atoms with Crippen LogP contribution in [-0.2, 0) is 4.79 Å². The van der Waals surface area contributed by atoms with E-state index in [-0.39, 0.29) is 0 Å². The van der Waals surface area contributed by atoms with Crippen molar-refractivity contribution >= 4 is 13.2 Å². The minimum Gasteiger partial charge on any atom is -0.233 e. The zero-order valence-electron chi connectivity index (χ0n) is 13.8. The first-order chi connectivity index (χ1) is 9.49. The lowest BCUT2D eigenvalue weighted by Gasteiger charge is -2.37. The molecule has 2 heteroatoms. The molecule has 0 aliphatic carbocycles. The van der Waals surface area contributed by atoms with Gasteiger partial charge in [0.1, 0.15) is 13.2 Å². The van der Waals surface area contributed by atoms with E-state index in [1.807, 2.05) is 6.92 Å². The maximum absolute atomic E-state index is 11.1. The van der Waals surface area contributed by atoms with Crippen LogP contribution in [0.5, 0.6) is 0 Å². The molecule has 0 aromatic rings.